The summed E-state index contributed by atoms with van der Waals surface area (Å²) in [5.74, 6) is -0.303. The van der Waals surface area contributed by atoms with Gasteiger partial charge in [-0.05, 0) is 31.5 Å². The quantitative estimate of drug-likeness (QED) is 0.708. The molecule has 2 rings (SSSR count). The van der Waals surface area contributed by atoms with Gasteiger partial charge in [-0.2, -0.15) is 0 Å². The Hall–Kier alpha value is -1.24. The fourth-order valence-electron chi connectivity index (χ4n) is 2.17. The number of carbonyl (C=O) groups is 2. The fraction of sp³-hybridized carbons (Fsp3) is 0.429. The minimum absolute atomic E-state index is 0. The van der Waals surface area contributed by atoms with Gasteiger partial charge in [-0.1, -0.05) is 12.1 Å². The fourth-order valence-corrected chi connectivity index (χ4v) is 2.96. The Morgan fingerprint density at radius 1 is 1.38 bits per heavy atom. The van der Waals surface area contributed by atoms with Crippen molar-refractivity contribution in [1.82, 2.24) is 10.6 Å². The molecular weight excluding hydrogens is 310 g/mol. The molecule has 2 amide bonds. The van der Waals surface area contributed by atoms with Crippen molar-refractivity contribution < 1.29 is 9.59 Å². The Balaban J connectivity index is 0.00000220. The zero-order chi connectivity index (χ0) is 14.4. The zero-order valence-corrected chi connectivity index (χ0v) is 13.3. The van der Waals surface area contributed by atoms with Gasteiger partial charge in [0.15, 0.2) is 0 Å². The predicted molar refractivity (Wildman–Crippen MR) is 87.0 cm³/mol. The van der Waals surface area contributed by atoms with E-state index in [0.717, 1.165) is 30.8 Å². The Labute approximate surface area is 134 Å². The summed E-state index contributed by atoms with van der Waals surface area (Å²) in [6.45, 7) is 1.82. The van der Waals surface area contributed by atoms with Gasteiger partial charge >= 0.3 is 0 Å². The van der Waals surface area contributed by atoms with Crippen LogP contribution < -0.4 is 16.4 Å². The summed E-state index contributed by atoms with van der Waals surface area (Å²) in [7, 11) is 0. The van der Waals surface area contributed by atoms with E-state index >= 15 is 0 Å². The number of primary amides is 1. The van der Waals surface area contributed by atoms with Gasteiger partial charge < -0.3 is 16.4 Å². The molecule has 0 spiro atoms. The first-order valence-electron chi connectivity index (χ1n) is 6.68. The highest BCUT2D eigenvalue weighted by molar-refractivity contribution is 8.00. The van der Waals surface area contributed by atoms with Crippen molar-refractivity contribution in [3.63, 3.8) is 0 Å². The highest BCUT2D eigenvalue weighted by Gasteiger charge is 2.18. The van der Waals surface area contributed by atoms with E-state index in [1.165, 1.54) is 11.8 Å². The van der Waals surface area contributed by atoms with Gasteiger partial charge in [0, 0.05) is 17.5 Å². The summed E-state index contributed by atoms with van der Waals surface area (Å²) in [6.07, 6.45) is 2.07. The molecule has 1 saturated heterocycles. The van der Waals surface area contributed by atoms with E-state index in [-0.39, 0.29) is 36.0 Å². The van der Waals surface area contributed by atoms with Gasteiger partial charge in [0.05, 0.1) is 11.3 Å². The monoisotopic (exact) mass is 329 g/mol. The summed E-state index contributed by atoms with van der Waals surface area (Å²) >= 11 is 1.29. The van der Waals surface area contributed by atoms with Crippen LogP contribution in [0.15, 0.2) is 29.2 Å². The number of hydrogen-bond donors (Lipinski definition) is 3. The Kier molecular flexibility index (Phi) is 7.56. The number of rotatable bonds is 5. The van der Waals surface area contributed by atoms with Crippen LogP contribution in [-0.2, 0) is 4.79 Å². The lowest BCUT2D eigenvalue weighted by Gasteiger charge is -2.24. The van der Waals surface area contributed by atoms with E-state index in [1.54, 1.807) is 6.07 Å². The first-order chi connectivity index (χ1) is 9.66. The van der Waals surface area contributed by atoms with Crippen LogP contribution in [0.3, 0.4) is 0 Å². The average Bonchev–Trinajstić information content (AvgIpc) is 2.46. The summed E-state index contributed by atoms with van der Waals surface area (Å²) < 4.78 is 0. The van der Waals surface area contributed by atoms with E-state index in [4.69, 9.17) is 5.73 Å². The largest absolute Gasteiger partial charge is 0.369 e. The van der Waals surface area contributed by atoms with Gasteiger partial charge in [0.1, 0.15) is 0 Å². The van der Waals surface area contributed by atoms with Crippen LogP contribution in [0.5, 0.6) is 0 Å². The highest BCUT2D eigenvalue weighted by atomic mass is 35.5. The molecule has 5 nitrogen and oxygen atoms in total. The number of nitrogens with one attached hydrogen (secondary N) is 2. The van der Waals surface area contributed by atoms with Crippen molar-refractivity contribution in [1.29, 1.82) is 0 Å². The Bertz CT molecular complexity index is 493. The van der Waals surface area contributed by atoms with E-state index < -0.39 is 0 Å². The number of thioether (sulfide) groups is 1. The van der Waals surface area contributed by atoms with Crippen LogP contribution >= 0.6 is 24.2 Å². The zero-order valence-electron chi connectivity index (χ0n) is 11.6. The maximum atomic E-state index is 12.3. The molecule has 1 aromatic rings. The number of hydrogen-bond acceptors (Lipinski definition) is 4. The maximum absolute atomic E-state index is 12.3. The van der Waals surface area contributed by atoms with Gasteiger partial charge in [0.25, 0.3) is 5.91 Å². The molecule has 4 N–H and O–H groups in total. The lowest BCUT2D eigenvalue weighted by Crippen LogP contribution is -2.45. The van der Waals surface area contributed by atoms with Crippen molar-refractivity contribution >= 4 is 36.0 Å². The predicted octanol–water partition coefficient (Wildman–Crippen LogP) is 1.17. The van der Waals surface area contributed by atoms with Crippen LogP contribution in [0.4, 0.5) is 0 Å². The van der Waals surface area contributed by atoms with Crippen LogP contribution in [0.25, 0.3) is 0 Å². The van der Waals surface area contributed by atoms with Crippen LogP contribution in [-0.4, -0.2) is 36.7 Å². The SMILES string of the molecule is Cl.NC(=O)CSc1ccccc1C(=O)N[C@H]1CCCNC1. The lowest BCUT2D eigenvalue weighted by molar-refractivity contribution is -0.115. The molecule has 116 valence electrons. The second kappa shape index (κ2) is 8.92. The normalized spacial score (nSPS) is 17.6. The molecular formula is C14H20ClN3O2S. The standard InChI is InChI=1S/C14H19N3O2S.ClH/c15-13(18)9-20-12-6-2-1-5-11(12)14(19)17-10-4-3-7-16-8-10;/h1-2,5-6,10,16H,3-4,7-9H2,(H2,15,18)(H,17,19);1H/t10-;/m0./s1. The number of benzene rings is 1. The molecule has 0 saturated carbocycles. The molecule has 1 aliphatic rings. The lowest BCUT2D eigenvalue weighted by atomic mass is 10.1. The second-order valence-corrected chi connectivity index (χ2v) is 5.79. The number of amides is 2. The third-order valence-corrected chi connectivity index (χ3v) is 4.23. The number of carbonyl (C=O) groups excluding carboxylic acids is 2. The number of piperidine rings is 1. The molecule has 1 aromatic carbocycles. The van der Waals surface area contributed by atoms with Crippen LogP contribution in [0.1, 0.15) is 23.2 Å². The first-order valence-corrected chi connectivity index (χ1v) is 7.67. The van der Waals surface area contributed by atoms with Crippen molar-refractivity contribution in [3.8, 4) is 0 Å². The van der Waals surface area contributed by atoms with Gasteiger partial charge in [-0.3, -0.25) is 9.59 Å². The highest BCUT2D eigenvalue weighted by Crippen LogP contribution is 2.22. The summed E-state index contributed by atoms with van der Waals surface area (Å²) in [4.78, 5) is 24.0. The molecule has 7 heteroatoms. The molecule has 21 heavy (non-hydrogen) atoms. The molecule has 1 aliphatic heterocycles. The third kappa shape index (κ3) is 5.57. The molecule has 1 heterocycles. The van der Waals surface area contributed by atoms with Crippen molar-refractivity contribution in [2.75, 3.05) is 18.8 Å². The van der Waals surface area contributed by atoms with Gasteiger partial charge in [-0.25, -0.2) is 0 Å². The van der Waals surface area contributed by atoms with E-state index in [2.05, 4.69) is 10.6 Å². The van der Waals surface area contributed by atoms with Crippen LogP contribution in [0.2, 0.25) is 0 Å². The smallest absolute Gasteiger partial charge is 0.252 e. The maximum Gasteiger partial charge on any atom is 0.252 e. The van der Waals surface area contributed by atoms with Crippen molar-refractivity contribution in [3.05, 3.63) is 29.8 Å². The van der Waals surface area contributed by atoms with Gasteiger partial charge in [0.2, 0.25) is 5.91 Å². The minimum atomic E-state index is -0.387. The van der Waals surface area contributed by atoms with E-state index in [1.807, 2.05) is 18.2 Å². The molecule has 0 radical (unpaired) electrons. The molecule has 1 atom stereocenters. The molecule has 0 aliphatic carbocycles. The Morgan fingerprint density at radius 3 is 2.81 bits per heavy atom. The third-order valence-electron chi connectivity index (χ3n) is 3.13. The summed E-state index contributed by atoms with van der Waals surface area (Å²) in [5, 5.41) is 6.30. The van der Waals surface area contributed by atoms with Crippen LogP contribution in [0, 0.1) is 0 Å². The van der Waals surface area contributed by atoms with Gasteiger partial charge in [-0.15, -0.1) is 24.2 Å². The first kappa shape index (κ1) is 17.8. The number of halogens is 1. The summed E-state index contributed by atoms with van der Waals surface area (Å²) in [6, 6.07) is 7.45. The molecule has 0 unspecified atom stereocenters. The van der Waals surface area contributed by atoms with E-state index in [9.17, 15) is 9.59 Å². The summed E-state index contributed by atoms with van der Waals surface area (Å²) in [5.41, 5.74) is 5.75. The van der Waals surface area contributed by atoms with E-state index in [0.29, 0.717) is 5.56 Å². The minimum Gasteiger partial charge on any atom is -0.369 e. The van der Waals surface area contributed by atoms with Crippen molar-refractivity contribution in [2.24, 2.45) is 5.73 Å². The number of nitrogens with two attached hydrogens (primary N) is 1. The Morgan fingerprint density at radius 2 is 2.14 bits per heavy atom. The van der Waals surface area contributed by atoms with Crippen molar-refractivity contribution in [2.45, 2.75) is 23.8 Å². The topological polar surface area (TPSA) is 84.2 Å². The molecule has 1 fully saturated rings. The average molecular weight is 330 g/mol. The molecule has 0 bridgehead atoms. The molecule has 0 aromatic heterocycles. The second-order valence-electron chi connectivity index (χ2n) is 4.77.